The molecule has 0 unspecified atom stereocenters. The number of amides is 1. The maximum absolute atomic E-state index is 14.2. The monoisotopic (exact) mass is 439 g/mol. The number of aryl methyl sites for hydroxylation is 1. The van der Waals surface area contributed by atoms with E-state index >= 15 is 0 Å². The van der Waals surface area contributed by atoms with Crippen LogP contribution in [-0.2, 0) is 4.79 Å². The first-order chi connectivity index (χ1) is 14.9. The Hall–Kier alpha value is -3.00. The number of thioether (sulfide) groups is 1. The molecule has 2 aromatic rings. The van der Waals surface area contributed by atoms with Crippen molar-refractivity contribution in [2.75, 3.05) is 0 Å². The van der Waals surface area contributed by atoms with Crippen LogP contribution < -0.4 is 0 Å². The van der Waals surface area contributed by atoms with Crippen LogP contribution in [0.5, 0.6) is 0 Å². The summed E-state index contributed by atoms with van der Waals surface area (Å²) < 4.78 is 14.2. The highest BCUT2D eigenvalue weighted by Crippen LogP contribution is 2.39. The predicted octanol–water partition coefficient (Wildman–Crippen LogP) is 5.98. The van der Waals surface area contributed by atoms with Crippen molar-refractivity contribution in [1.82, 2.24) is 4.90 Å². The maximum Gasteiger partial charge on any atom is 0.272 e. The highest BCUT2D eigenvalue weighted by atomic mass is 32.2. The van der Waals surface area contributed by atoms with Crippen molar-refractivity contribution >= 4 is 40.3 Å². The Kier molecular flexibility index (Phi) is 6.18. The summed E-state index contributed by atoms with van der Waals surface area (Å²) in [6, 6.07) is 11.1. The Morgan fingerprint density at radius 2 is 1.94 bits per heavy atom. The molecule has 1 amide bonds. The summed E-state index contributed by atoms with van der Waals surface area (Å²) in [5, 5.41) is 11.7. The van der Waals surface area contributed by atoms with E-state index in [1.165, 1.54) is 23.9 Å². The molecule has 2 aliphatic rings. The molecule has 1 aliphatic heterocycles. The van der Waals surface area contributed by atoms with Crippen molar-refractivity contribution in [2.45, 2.75) is 45.1 Å². The topological polar surface area (TPSA) is 75.8 Å². The van der Waals surface area contributed by atoms with Crippen molar-refractivity contribution in [2.24, 2.45) is 4.99 Å². The Morgan fingerprint density at radius 1 is 1.19 bits per heavy atom. The SMILES string of the molecule is Cc1ccc(/C=C2\SC(=Nc3ccccc3F)N(C3CCCCC3)C2=O)cc1[N+](=O)[O-]. The molecule has 2 fully saturated rings. The van der Waals surface area contributed by atoms with Crippen molar-refractivity contribution in [3.63, 3.8) is 0 Å². The van der Waals surface area contributed by atoms with E-state index in [4.69, 9.17) is 0 Å². The third kappa shape index (κ3) is 4.54. The lowest BCUT2D eigenvalue weighted by atomic mass is 9.94. The smallest absolute Gasteiger partial charge is 0.272 e. The van der Waals surface area contributed by atoms with E-state index in [1.807, 2.05) is 0 Å². The predicted molar refractivity (Wildman–Crippen MR) is 121 cm³/mol. The molecule has 6 nitrogen and oxygen atoms in total. The zero-order valence-electron chi connectivity index (χ0n) is 17.1. The van der Waals surface area contributed by atoms with Crippen LogP contribution in [0.2, 0.25) is 0 Å². The van der Waals surface area contributed by atoms with Crippen LogP contribution in [0, 0.1) is 22.9 Å². The first-order valence-electron chi connectivity index (χ1n) is 10.3. The first kappa shape index (κ1) is 21.2. The van der Waals surface area contributed by atoms with Crippen LogP contribution in [0.15, 0.2) is 52.4 Å². The van der Waals surface area contributed by atoms with Gasteiger partial charge in [0.1, 0.15) is 11.5 Å². The minimum Gasteiger partial charge on any atom is -0.283 e. The summed E-state index contributed by atoms with van der Waals surface area (Å²) in [6.07, 6.45) is 6.63. The van der Waals surface area contributed by atoms with E-state index in [9.17, 15) is 19.3 Å². The van der Waals surface area contributed by atoms with Gasteiger partial charge in [0, 0.05) is 17.7 Å². The molecule has 0 N–H and O–H groups in total. The number of nitrogens with zero attached hydrogens (tertiary/aromatic N) is 3. The number of halogens is 1. The van der Waals surface area contributed by atoms with E-state index in [-0.39, 0.29) is 23.3 Å². The summed E-state index contributed by atoms with van der Waals surface area (Å²) in [5.41, 5.74) is 1.33. The van der Waals surface area contributed by atoms with Gasteiger partial charge in [0.25, 0.3) is 11.6 Å². The number of amidine groups is 1. The number of benzene rings is 2. The summed E-state index contributed by atoms with van der Waals surface area (Å²) >= 11 is 1.19. The fraction of sp³-hybridized carbons (Fsp3) is 0.304. The Labute approximate surface area is 184 Å². The molecule has 1 heterocycles. The fourth-order valence-electron chi connectivity index (χ4n) is 3.94. The molecule has 2 aromatic carbocycles. The second kappa shape index (κ2) is 9.01. The third-order valence-corrected chi connectivity index (χ3v) is 6.56. The molecule has 1 saturated carbocycles. The van der Waals surface area contributed by atoms with Gasteiger partial charge in [-0.05, 0) is 55.3 Å². The molecule has 31 heavy (non-hydrogen) atoms. The number of rotatable bonds is 4. The van der Waals surface area contributed by atoms with Crippen molar-refractivity contribution < 1.29 is 14.1 Å². The standard InChI is InChI=1S/C23H22FN3O3S/c1-15-11-12-16(13-20(15)27(29)30)14-21-22(28)26(17-7-3-2-4-8-17)23(31-21)25-19-10-6-5-9-18(19)24/h5-6,9-14,17H,2-4,7-8H2,1H3/b21-14-,25-23?. The number of aliphatic imine (C=N–C) groups is 1. The van der Waals surface area contributed by atoms with Crippen LogP contribution in [0.3, 0.4) is 0 Å². The average molecular weight is 440 g/mol. The molecule has 0 radical (unpaired) electrons. The highest BCUT2D eigenvalue weighted by molar-refractivity contribution is 8.18. The quantitative estimate of drug-likeness (QED) is 0.334. The summed E-state index contributed by atoms with van der Waals surface area (Å²) in [7, 11) is 0. The van der Waals surface area contributed by atoms with E-state index < -0.39 is 10.7 Å². The largest absolute Gasteiger partial charge is 0.283 e. The number of nitro groups is 1. The second-order valence-corrected chi connectivity index (χ2v) is 8.74. The molecule has 0 bridgehead atoms. The van der Waals surface area contributed by atoms with Gasteiger partial charge >= 0.3 is 0 Å². The van der Waals surface area contributed by atoms with Crippen LogP contribution in [0.4, 0.5) is 15.8 Å². The van der Waals surface area contributed by atoms with Crippen molar-refractivity contribution in [3.05, 3.63) is 74.4 Å². The molecule has 0 aromatic heterocycles. The normalized spacial score (nSPS) is 20.1. The van der Waals surface area contributed by atoms with Crippen LogP contribution >= 0.6 is 11.8 Å². The number of hydrogen-bond donors (Lipinski definition) is 0. The lowest BCUT2D eigenvalue weighted by Gasteiger charge is -2.30. The molecular weight excluding hydrogens is 417 g/mol. The first-order valence-corrected chi connectivity index (χ1v) is 11.1. The van der Waals surface area contributed by atoms with Gasteiger partial charge in [-0.25, -0.2) is 9.38 Å². The molecule has 1 saturated heterocycles. The van der Waals surface area contributed by atoms with Gasteiger partial charge in [0.2, 0.25) is 0 Å². The number of hydrogen-bond acceptors (Lipinski definition) is 5. The zero-order chi connectivity index (χ0) is 22.0. The van der Waals surface area contributed by atoms with Gasteiger partial charge in [-0.3, -0.25) is 19.8 Å². The minimum absolute atomic E-state index is 0.00850. The van der Waals surface area contributed by atoms with Gasteiger partial charge in [0.05, 0.1) is 9.83 Å². The second-order valence-electron chi connectivity index (χ2n) is 7.73. The Morgan fingerprint density at radius 3 is 2.65 bits per heavy atom. The third-order valence-electron chi connectivity index (χ3n) is 5.57. The average Bonchev–Trinajstić information content (AvgIpc) is 3.06. The molecule has 0 atom stereocenters. The number of carbonyl (C=O) groups is 1. The summed E-state index contributed by atoms with van der Waals surface area (Å²) in [4.78, 5) is 30.7. The van der Waals surface area contributed by atoms with E-state index in [0.29, 0.717) is 21.2 Å². The number of para-hydroxylation sites is 1. The maximum atomic E-state index is 14.2. The molecule has 0 spiro atoms. The summed E-state index contributed by atoms with van der Waals surface area (Å²) in [5.74, 6) is -0.631. The van der Waals surface area contributed by atoms with Crippen LogP contribution in [0.1, 0.15) is 43.2 Å². The van der Waals surface area contributed by atoms with Gasteiger partial charge in [-0.1, -0.05) is 43.5 Å². The lowest BCUT2D eigenvalue weighted by Crippen LogP contribution is -2.40. The fourth-order valence-corrected chi connectivity index (χ4v) is 4.99. The van der Waals surface area contributed by atoms with Gasteiger partial charge in [-0.15, -0.1) is 0 Å². The Bertz CT molecular complexity index is 1090. The van der Waals surface area contributed by atoms with Gasteiger partial charge in [0.15, 0.2) is 5.17 Å². The van der Waals surface area contributed by atoms with Gasteiger partial charge < -0.3 is 0 Å². The highest BCUT2D eigenvalue weighted by Gasteiger charge is 2.38. The molecule has 8 heteroatoms. The molecular formula is C23H22FN3O3S. The molecule has 160 valence electrons. The van der Waals surface area contributed by atoms with E-state index in [1.54, 1.807) is 48.2 Å². The Balaban J connectivity index is 1.73. The lowest BCUT2D eigenvalue weighted by molar-refractivity contribution is -0.385. The van der Waals surface area contributed by atoms with Crippen molar-refractivity contribution in [3.8, 4) is 0 Å². The molecule has 1 aliphatic carbocycles. The number of carbonyl (C=O) groups excluding carboxylic acids is 1. The zero-order valence-corrected chi connectivity index (χ0v) is 17.9. The van der Waals surface area contributed by atoms with Gasteiger partial charge in [-0.2, -0.15) is 0 Å². The van der Waals surface area contributed by atoms with Crippen LogP contribution in [0.25, 0.3) is 6.08 Å². The number of nitro benzene ring substituents is 1. The van der Waals surface area contributed by atoms with E-state index in [2.05, 4.69) is 4.99 Å². The molecule has 4 rings (SSSR count). The van der Waals surface area contributed by atoms with Crippen LogP contribution in [-0.4, -0.2) is 26.9 Å². The minimum atomic E-state index is -0.446. The summed E-state index contributed by atoms with van der Waals surface area (Å²) in [6.45, 7) is 1.68. The van der Waals surface area contributed by atoms with Crippen molar-refractivity contribution in [1.29, 1.82) is 0 Å². The van der Waals surface area contributed by atoms with E-state index in [0.717, 1.165) is 32.1 Å².